The predicted molar refractivity (Wildman–Crippen MR) is 86.5 cm³/mol. The molecule has 0 fully saturated rings. The Hall–Kier alpha value is -2.27. The average molecular weight is 318 g/mol. The molecule has 0 heterocycles. The molecule has 5 heteroatoms. The second kappa shape index (κ2) is 8.39. The van der Waals surface area contributed by atoms with Crippen LogP contribution in [0, 0.1) is 11.6 Å². The van der Waals surface area contributed by atoms with E-state index in [2.05, 4.69) is 10.6 Å². The Balaban J connectivity index is 1.94. The van der Waals surface area contributed by atoms with Crippen molar-refractivity contribution in [2.75, 3.05) is 20.1 Å². The van der Waals surface area contributed by atoms with Gasteiger partial charge >= 0.3 is 0 Å². The second-order valence-corrected chi connectivity index (χ2v) is 5.29. The summed E-state index contributed by atoms with van der Waals surface area (Å²) in [5.74, 6) is -1.39. The predicted octanol–water partition coefficient (Wildman–Crippen LogP) is 2.70. The standard InChI is InChI=1S/C18H20F2N2O/c1-21-8-7-14-4-2-3-5-17(14)18(23)22-9-6-13-10-15(19)12-16(20)11-13/h2-5,10-12,21H,6-9H2,1H3,(H,22,23). The molecule has 2 aromatic rings. The van der Waals surface area contributed by atoms with Crippen LogP contribution >= 0.6 is 0 Å². The van der Waals surface area contributed by atoms with E-state index in [-0.39, 0.29) is 5.91 Å². The number of nitrogens with one attached hydrogen (secondary N) is 2. The number of benzene rings is 2. The molecule has 2 N–H and O–H groups in total. The van der Waals surface area contributed by atoms with Crippen molar-refractivity contribution in [1.82, 2.24) is 10.6 Å². The van der Waals surface area contributed by atoms with Crippen molar-refractivity contribution in [1.29, 1.82) is 0 Å². The highest BCUT2D eigenvalue weighted by atomic mass is 19.1. The number of hydrogen-bond donors (Lipinski definition) is 2. The van der Waals surface area contributed by atoms with Gasteiger partial charge in [0, 0.05) is 18.2 Å². The Morgan fingerprint density at radius 2 is 1.70 bits per heavy atom. The molecule has 0 unspecified atom stereocenters. The highest BCUT2D eigenvalue weighted by Gasteiger charge is 2.10. The maximum atomic E-state index is 13.1. The van der Waals surface area contributed by atoms with Crippen molar-refractivity contribution in [3.8, 4) is 0 Å². The van der Waals surface area contributed by atoms with Gasteiger partial charge in [0.2, 0.25) is 0 Å². The summed E-state index contributed by atoms with van der Waals surface area (Å²) in [5.41, 5.74) is 2.12. The molecule has 0 saturated carbocycles. The number of carbonyl (C=O) groups excluding carboxylic acids is 1. The molecular formula is C18H20F2N2O. The van der Waals surface area contributed by atoms with Crippen LogP contribution in [0.3, 0.4) is 0 Å². The minimum Gasteiger partial charge on any atom is -0.352 e. The van der Waals surface area contributed by atoms with E-state index in [0.29, 0.717) is 24.1 Å². The Morgan fingerprint density at radius 1 is 1.00 bits per heavy atom. The third kappa shape index (κ3) is 5.14. The Morgan fingerprint density at radius 3 is 2.39 bits per heavy atom. The molecule has 0 bridgehead atoms. The zero-order valence-electron chi connectivity index (χ0n) is 13.0. The summed E-state index contributed by atoms with van der Waals surface area (Å²) in [6.45, 7) is 1.11. The highest BCUT2D eigenvalue weighted by Crippen LogP contribution is 2.10. The van der Waals surface area contributed by atoms with E-state index in [0.717, 1.165) is 24.6 Å². The molecule has 0 aromatic heterocycles. The number of rotatable bonds is 7. The molecule has 3 nitrogen and oxygen atoms in total. The van der Waals surface area contributed by atoms with Crippen LogP contribution in [0.4, 0.5) is 8.78 Å². The summed E-state index contributed by atoms with van der Waals surface area (Å²) in [6, 6.07) is 10.8. The van der Waals surface area contributed by atoms with Gasteiger partial charge in [-0.1, -0.05) is 18.2 Å². The first kappa shape index (κ1) is 17.1. The number of amides is 1. The molecule has 0 saturated heterocycles. The van der Waals surface area contributed by atoms with Crippen LogP contribution in [-0.4, -0.2) is 26.0 Å². The van der Waals surface area contributed by atoms with E-state index in [9.17, 15) is 13.6 Å². The summed E-state index contributed by atoms with van der Waals surface area (Å²) in [4.78, 5) is 12.3. The van der Waals surface area contributed by atoms with Crippen LogP contribution in [0.2, 0.25) is 0 Å². The van der Waals surface area contributed by atoms with Gasteiger partial charge in [-0.05, 0) is 55.8 Å². The van der Waals surface area contributed by atoms with Crippen molar-refractivity contribution in [2.24, 2.45) is 0 Å². The highest BCUT2D eigenvalue weighted by molar-refractivity contribution is 5.95. The van der Waals surface area contributed by atoms with Gasteiger partial charge < -0.3 is 10.6 Å². The molecule has 0 aliphatic carbocycles. The van der Waals surface area contributed by atoms with Crippen LogP contribution in [0.1, 0.15) is 21.5 Å². The molecule has 0 spiro atoms. The van der Waals surface area contributed by atoms with Gasteiger partial charge in [0.1, 0.15) is 11.6 Å². The van der Waals surface area contributed by atoms with E-state index in [1.54, 1.807) is 6.07 Å². The summed E-state index contributed by atoms with van der Waals surface area (Å²) >= 11 is 0. The molecule has 23 heavy (non-hydrogen) atoms. The Bertz CT molecular complexity index is 654. The van der Waals surface area contributed by atoms with Crippen molar-refractivity contribution in [3.05, 3.63) is 70.8 Å². The van der Waals surface area contributed by atoms with Crippen LogP contribution in [0.15, 0.2) is 42.5 Å². The number of likely N-dealkylation sites (N-methyl/N-ethyl adjacent to an activating group) is 1. The molecule has 0 aliphatic rings. The molecule has 2 aromatic carbocycles. The van der Waals surface area contributed by atoms with Gasteiger partial charge in [-0.2, -0.15) is 0 Å². The smallest absolute Gasteiger partial charge is 0.251 e. The minimum atomic E-state index is -0.608. The molecule has 0 radical (unpaired) electrons. The average Bonchev–Trinajstić information content (AvgIpc) is 2.52. The summed E-state index contributed by atoms with van der Waals surface area (Å²) < 4.78 is 26.2. The first-order valence-corrected chi connectivity index (χ1v) is 7.56. The van der Waals surface area contributed by atoms with E-state index in [1.807, 2.05) is 25.2 Å². The van der Waals surface area contributed by atoms with Gasteiger partial charge in [0.05, 0.1) is 0 Å². The minimum absolute atomic E-state index is 0.173. The fourth-order valence-electron chi connectivity index (χ4n) is 2.39. The van der Waals surface area contributed by atoms with Crippen molar-refractivity contribution < 1.29 is 13.6 Å². The van der Waals surface area contributed by atoms with Gasteiger partial charge in [-0.15, -0.1) is 0 Å². The zero-order chi connectivity index (χ0) is 16.7. The molecule has 1 amide bonds. The van der Waals surface area contributed by atoms with Gasteiger partial charge in [0.25, 0.3) is 5.91 Å². The van der Waals surface area contributed by atoms with E-state index in [4.69, 9.17) is 0 Å². The monoisotopic (exact) mass is 318 g/mol. The first-order chi connectivity index (χ1) is 11.1. The van der Waals surface area contributed by atoms with E-state index in [1.165, 1.54) is 12.1 Å². The SMILES string of the molecule is CNCCc1ccccc1C(=O)NCCc1cc(F)cc(F)c1. The quantitative estimate of drug-likeness (QED) is 0.824. The summed E-state index contributed by atoms with van der Waals surface area (Å²) in [6.07, 6.45) is 1.13. The maximum Gasteiger partial charge on any atom is 0.251 e. The Kier molecular flexibility index (Phi) is 6.23. The maximum absolute atomic E-state index is 13.1. The fraction of sp³-hybridized carbons (Fsp3) is 0.278. The van der Waals surface area contributed by atoms with Crippen molar-refractivity contribution in [3.63, 3.8) is 0 Å². The van der Waals surface area contributed by atoms with Crippen molar-refractivity contribution >= 4 is 5.91 Å². The fourth-order valence-corrected chi connectivity index (χ4v) is 2.39. The third-order valence-electron chi connectivity index (χ3n) is 3.53. The topological polar surface area (TPSA) is 41.1 Å². The molecule has 122 valence electrons. The van der Waals surface area contributed by atoms with Crippen LogP contribution in [0.25, 0.3) is 0 Å². The summed E-state index contributed by atoms with van der Waals surface area (Å²) in [5, 5.41) is 5.85. The molecular weight excluding hydrogens is 298 g/mol. The van der Waals surface area contributed by atoms with E-state index < -0.39 is 11.6 Å². The van der Waals surface area contributed by atoms with E-state index >= 15 is 0 Å². The first-order valence-electron chi connectivity index (χ1n) is 7.56. The number of carbonyl (C=O) groups is 1. The van der Waals surface area contributed by atoms with Crippen molar-refractivity contribution in [2.45, 2.75) is 12.8 Å². The molecule has 0 atom stereocenters. The van der Waals surface area contributed by atoms with Crippen LogP contribution in [-0.2, 0) is 12.8 Å². The summed E-state index contributed by atoms with van der Waals surface area (Å²) in [7, 11) is 1.86. The normalized spacial score (nSPS) is 10.6. The third-order valence-corrected chi connectivity index (χ3v) is 3.53. The molecule has 2 rings (SSSR count). The lowest BCUT2D eigenvalue weighted by atomic mass is 10.0. The van der Waals surface area contributed by atoms with Crippen LogP contribution in [0.5, 0.6) is 0 Å². The lowest BCUT2D eigenvalue weighted by Crippen LogP contribution is -2.27. The lowest BCUT2D eigenvalue weighted by molar-refractivity contribution is 0.0953. The van der Waals surface area contributed by atoms with Gasteiger partial charge in [-0.3, -0.25) is 4.79 Å². The molecule has 0 aliphatic heterocycles. The van der Waals surface area contributed by atoms with Crippen LogP contribution < -0.4 is 10.6 Å². The number of halogens is 2. The zero-order valence-corrected chi connectivity index (χ0v) is 13.0. The lowest BCUT2D eigenvalue weighted by Gasteiger charge is -2.10. The largest absolute Gasteiger partial charge is 0.352 e. The Labute approximate surface area is 134 Å². The van der Waals surface area contributed by atoms with Gasteiger partial charge in [-0.25, -0.2) is 8.78 Å². The second-order valence-electron chi connectivity index (χ2n) is 5.29. The number of hydrogen-bond acceptors (Lipinski definition) is 2. The van der Waals surface area contributed by atoms with Gasteiger partial charge in [0.15, 0.2) is 0 Å².